The predicted octanol–water partition coefficient (Wildman–Crippen LogP) is 2.29. The first kappa shape index (κ1) is 9.23. The number of rotatable bonds is 4. The van der Waals surface area contributed by atoms with Crippen molar-refractivity contribution in [3.8, 4) is 0 Å². The lowest BCUT2D eigenvalue weighted by atomic mass is 10.1. The highest BCUT2D eigenvalue weighted by molar-refractivity contribution is 5.17. The lowest BCUT2D eigenvalue weighted by Gasteiger charge is -2.12. The molecule has 2 heteroatoms. The summed E-state index contributed by atoms with van der Waals surface area (Å²) in [6.45, 7) is 4.73. The van der Waals surface area contributed by atoms with Crippen LogP contribution in [0.1, 0.15) is 25.5 Å². The minimum Gasteiger partial charge on any atom is -0.302 e. The second kappa shape index (κ2) is 4.91. The highest BCUT2D eigenvalue weighted by Crippen LogP contribution is 2.10. The summed E-state index contributed by atoms with van der Waals surface area (Å²) in [6.07, 6.45) is 0. The van der Waals surface area contributed by atoms with Crippen LogP contribution < -0.4 is 5.48 Å². The Morgan fingerprint density at radius 3 is 2.58 bits per heavy atom. The van der Waals surface area contributed by atoms with E-state index in [4.69, 9.17) is 4.84 Å². The summed E-state index contributed by atoms with van der Waals surface area (Å²) in [6, 6.07) is 10.5. The Labute approximate surface area is 73.5 Å². The molecule has 1 rings (SSSR count). The first-order valence-corrected chi connectivity index (χ1v) is 4.27. The number of benzene rings is 1. The van der Waals surface area contributed by atoms with Gasteiger partial charge in [-0.15, -0.1) is 0 Å². The van der Waals surface area contributed by atoms with E-state index in [2.05, 4.69) is 24.5 Å². The molecule has 0 aliphatic rings. The van der Waals surface area contributed by atoms with Crippen molar-refractivity contribution in [1.82, 2.24) is 5.48 Å². The normalized spacial score (nSPS) is 12.8. The zero-order valence-electron chi connectivity index (χ0n) is 7.58. The Morgan fingerprint density at radius 1 is 1.33 bits per heavy atom. The van der Waals surface area contributed by atoms with Gasteiger partial charge in [0, 0.05) is 0 Å². The number of hydrogen-bond acceptors (Lipinski definition) is 2. The third-order valence-corrected chi connectivity index (χ3v) is 1.70. The molecule has 0 aromatic heterocycles. The highest BCUT2D eigenvalue weighted by atomic mass is 16.6. The monoisotopic (exact) mass is 165 g/mol. The maximum atomic E-state index is 5.10. The molecule has 1 N–H and O–H groups in total. The van der Waals surface area contributed by atoms with E-state index in [0.29, 0.717) is 6.61 Å². The van der Waals surface area contributed by atoms with E-state index in [1.165, 1.54) is 5.56 Å². The van der Waals surface area contributed by atoms with Crippen LogP contribution in [0.15, 0.2) is 30.3 Å². The molecular formula is C10H15NO. The molecule has 0 saturated carbocycles. The molecule has 66 valence electrons. The zero-order chi connectivity index (χ0) is 8.81. The van der Waals surface area contributed by atoms with Crippen LogP contribution in [0.25, 0.3) is 0 Å². The van der Waals surface area contributed by atoms with Crippen molar-refractivity contribution in [2.24, 2.45) is 0 Å². The van der Waals surface area contributed by atoms with Crippen LogP contribution >= 0.6 is 0 Å². The third kappa shape index (κ3) is 2.64. The number of hydrogen-bond donors (Lipinski definition) is 1. The van der Waals surface area contributed by atoms with Crippen LogP contribution in [-0.4, -0.2) is 6.61 Å². The Bertz CT molecular complexity index is 210. The molecule has 0 bridgehead atoms. The topological polar surface area (TPSA) is 21.3 Å². The molecule has 1 atom stereocenters. The molecule has 0 aliphatic heterocycles. The molecule has 0 radical (unpaired) electrons. The van der Waals surface area contributed by atoms with Gasteiger partial charge < -0.3 is 4.84 Å². The molecule has 1 aromatic carbocycles. The number of nitrogens with one attached hydrogen (secondary N) is 1. The maximum Gasteiger partial charge on any atom is 0.0654 e. The molecule has 0 aliphatic carbocycles. The third-order valence-electron chi connectivity index (χ3n) is 1.70. The summed E-state index contributed by atoms with van der Waals surface area (Å²) in [4.78, 5) is 5.10. The van der Waals surface area contributed by atoms with Gasteiger partial charge in [-0.3, -0.25) is 0 Å². The Hall–Kier alpha value is -0.860. The van der Waals surface area contributed by atoms with Crippen molar-refractivity contribution < 1.29 is 4.84 Å². The molecular weight excluding hydrogens is 150 g/mol. The van der Waals surface area contributed by atoms with Gasteiger partial charge in [-0.05, 0) is 19.4 Å². The SMILES string of the molecule is CCON[C@@H](C)c1ccccc1. The lowest BCUT2D eigenvalue weighted by Crippen LogP contribution is -2.18. The standard InChI is InChI=1S/C10H15NO/c1-3-12-11-9(2)10-7-5-4-6-8-10/h4-9,11H,3H2,1-2H3/t9-/m0/s1. The van der Waals surface area contributed by atoms with E-state index < -0.39 is 0 Å². The van der Waals surface area contributed by atoms with Gasteiger partial charge in [0.05, 0.1) is 12.6 Å². The Morgan fingerprint density at radius 2 is 2.00 bits per heavy atom. The summed E-state index contributed by atoms with van der Waals surface area (Å²) in [5.74, 6) is 0. The summed E-state index contributed by atoms with van der Waals surface area (Å²) >= 11 is 0. The van der Waals surface area contributed by atoms with Crippen molar-refractivity contribution in [3.05, 3.63) is 35.9 Å². The van der Waals surface area contributed by atoms with Gasteiger partial charge in [-0.25, -0.2) is 0 Å². The smallest absolute Gasteiger partial charge is 0.0654 e. The molecule has 2 nitrogen and oxygen atoms in total. The van der Waals surface area contributed by atoms with E-state index in [1.807, 2.05) is 25.1 Å². The maximum absolute atomic E-state index is 5.10. The van der Waals surface area contributed by atoms with E-state index in [9.17, 15) is 0 Å². The van der Waals surface area contributed by atoms with Crippen LogP contribution in [0, 0.1) is 0 Å². The fourth-order valence-corrected chi connectivity index (χ4v) is 1.02. The molecule has 0 fully saturated rings. The number of hydroxylamine groups is 1. The largest absolute Gasteiger partial charge is 0.302 e. The first-order valence-electron chi connectivity index (χ1n) is 4.27. The molecule has 0 spiro atoms. The van der Waals surface area contributed by atoms with E-state index in [-0.39, 0.29) is 6.04 Å². The van der Waals surface area contributed by atoms with E-state index >= 15 is 0 Å². The second-order valence-electron chi connectivity index (χ2n) is 2.68. The van der Waals surface area contributed by atoms with E-state index in [1.54, 1.807) is 0 Å². The fraction of sp³-hybridized carbons (Fsp3) is 0.400. The summed E-state index contributed by atoms with van der Waals surface area (Å²) in [5, 5.41) is 0. The molecule has 0 heterocycles. The minimum atomic E-state index is 0.256. The molecule has 0 unspecified atom stereocenters. The Kier molecular flexibility index (Phi) is 3.77. The van der Waals surface area contributed by atoms with Crippen LogP contribution in [-0.2, 0) is 4.84 Å². The zero-order valence-corrected chi connectivity index (χ0v) is 7.58. The van der Waals surface area contributed by atoms with Crippen molar-refractivity contribution in [2.75, 3.05) is 6.61 Å². The van der Waals surface area contributed by atoms with Gasteiger partial charge in [0.2, 0.25) is 0 Å². The van der Waals surface area contributed by atoms with E-state index in [0.717, 1.165) is 0 Å². The average molecular weight is 165 g/mol. The van der Waals surface area contributed by atoms with Gasteiger partial charge >= 0.3 is 0 Å². The van der Waals surface area contributed by atoms with Gasteiger partial charge in [0.1, 0.15) is 0 Å². The van der Waals surface area contributed by atoms with Crippen molar-refractivity contribution in [1.29, 1.82) is 0 Å². The highest BCUT2D eigenvalue weighted by Gasteiger charge is 2.01. The van der Waals surface area contributed by atoms with Gasteiger partial charge in [0.15, 0.2) is 0 Å². The predicted molar refractivity (Wildman–Crippen MR) is 49.6 cm³/mol. The summed E-state index contributed by atoms with van der Waals surface area (Å²) in [7, 11) is 0. The van der Waals surface area contributed by atoms with Crippen LogP contribution in [0.4, 0.5) is 0 Å². The molecule has 0 amide bonds. The van der Waals surface area contributed by atoms with Crippen molar-refractivity contribution in [3.63, 3.8) is 0 Å². The first-order chi connectivity index (χ1) is 5.84. The Balaban J connectivity index is 2.48. The van der Waals surface area contributed by atoms with Gasteiger partial charge in [-0.2, -0.15) is 5.48 Å². The summed E-state index contributed by atoms with van der Waals surface area (Å²) in [5.41, 5.74) is 4.19. The quantitative estimate of drug-likeness (QED) is 0.691. The van der Waals surface area contributed by atoms with Gasteiger partial charge in [-0.1, -0.05) is 30.3 Å². The molecule has 0 saturated heterocycles. The fourth-order valence-electron chi connectivity index (χ4n) is 1.02. The van der Waals surface area contributed by atoms with Crippen molar-refractivity contribution >= 4 is 0 Å². The van der Waals surface area contributed by atoms with Crippen molar-refractivity contribution in [2.45, 2.75) is 19.9 Å². The second-order valence-corrected chi connectivity index (χ2v) is 2.68. The van der Waals surface area contributed by atoms with Crippen LogP contribution in [0.2, 0.25) is 0 Å². The van der Waals surface area contributed by atoms with Gasteiger partial charge in [0.25, 0.3) is 0 Å². The van der Waals surface area contributed by atoms with Crippen LogP contribution in [0.5, 0.6) is 0 Å². The summed E-state index contributed by atoms with van der Waals surface area (Å²) < 4.78 is 0. The minimum absolute atomic E-state index is 0.256. The average Bonchev–Trinajstić information content (AvgIpc) is 2.15. The molecule has 1 aromatic rings. The van der Waals surface area contributed by atoms with Crippen LogP contribution in [0.3, 0.4) is 0 Å². The lowest BCUT2D eigenvalue weighted by molar-refractivity contribution is 0.0285. The molecule has 12 heavy (non-hydrogen) atoms.